The molecule has 2 heterocycles. The van der Waals surface area contributed by atoms with E-state index in [0.29, 0.717) is 18.3 Å². The zero-order valence-corrected chi connectivity index (χ0v) is 17.9. The van der Waals surface area contributed by atoms with Crippen LogP contribution in [0.2, 0.25) is 0 Å². The fourth-order valence-corrected chi connectivity index (χ4v) is 4.74. The van der Waals surface area contributed by atoms with E-state index in [1.165, 1.54) is 16.7 Å². The highest BCUT2D eigenvalue weighted by Crippen LogP contribution is 2.31. The van der Waals surface area contributed by atoms with Crippen molar-refractivity contribution in [1.82, 2.24) is 20.4 Å². The number of benzene rings is 2. The van der Waals surface area contributed by atoms with Gasteiger partial charge in [0, 0.05) is 12.1 Å². The molecule has 5 rings (SSSR count). The Morgan fingerprint density at radius 2 is 2.00 bits per heavy atom. The number of piperidine rings is 1. The maximum Gasteiger partial charge on any atom is 0.257 e. The lowest BCUT2D eigenvalue weighted by atomic mass is 9.96. The van der Waals surface area contributed by atoms with Crippen molar-refractivity contribution < 1.29 is 9.32 Å². The number of nitrogens with zero attached hydrogens (tertiary/aromatic N) is 3. The molecular formula is C25H28N4O2. The molecule has 31 heavy (non-hydrogen) atoms. The monoisotopic (exact) mass is 416 g/mol. The number of hydrogen-bond acceptors (Lipinski definition) is 5. The molecule has 1 aliphatic heterocycles. The molecule has 3 aromatic rings. The van der Waals surface area contributed by atoms with Crippen LogP contribution in [0.15, 0.2) is 53.1 Å². The number of likely N-dealkylation sites (tertiary alicyclic amines) is 1. The summed E-state index contributed by atoms with van der Waals surface area (Å²) < 4.78 is 5.46. The number of amides is 1. The fraction of sp³-hybridized carbons (Fsp3) is 0.400. The van der Waals surface area contributed by atoms with Crippen molar-refractivity contribution in [2.24, 2.45) is 5.92 Å². The smallest absolute Gasteiger partial charge is 0.257 e. The van der Waals surface area contributed by atoms with Gasteiger partial charge in [-0.1, -0.05) is 47.1 Å². The Bertz CT molecular complexity index is 1060. The van der Waals surface area contributed by atoms with E-state index in [1.807, 2.05) is 24.3 Å². The summed E-state index contributed by atoms with van der Waals surface area (Å²) in [6.07, 6.45) is 3.96. The van der Waals surface area contributed by atoms with Gasteiger partial charge in [-0.15, -0.1) is 0 Å². The Balaban J connectivity index is 1.19. The number of fused-ring (bicyclic) bond motifs is 1. The van der Waals surface area contributed by atoms with Crippen molar-refractivity contribution in [3.63, 3.8) is 0 Å². The Morgan fingerprint density at radius 3 is 2.87 bits per heavy atom. The molecule has 1 amide bonds. The molecule has 0 spiro atoms. The first-order chi connectivity index (χ1) is 15.2. The number of aromatic nitrogens is 2. The van der Waals surface area contributed by atoms with E-state index in [1.54, 1.807) is 0 Å². The molecule has 2 aromatic carbocycles. The number of aryl methyl sites for hydroxylation is 2. The summed E-state index contributed by atoms with van der Waals surface area (Å²) in [5, 5.41) is 7.46. The molecule has 1 fully saturated rings. The van der Waals surface area contributed by atoms with Gasteiger partial charge in [0.15, 0.2) is 5.82 Å². The third-order valence-electron chi connectivity index (χ3n) is 6.46. The van der Waals surface area contributed by atoms with E-state index in [4.69, 9.17) is 4.52 Å². The molecule has 1 N–H and O–H groups in total. The zero-order valence-electron chi connectivity index (χ0n) is 17.9. The van der Waals surface area contributed by atoms with Crippen LogP contribution >= 0.6 is 0 Å². The Morgan fingerprint density at radius 1 is 1.16 bits per heavy atom. The lowest BCUT2D eigenvalue weighted by Crippen LogP contribution is -2.43. The van der Waals surface area contributed by atoms with Crippen LogP contribution in [0.25, 0.3) is 11.5 Å². The topological polar surface area (TPSA) is 71.3 Å². The second-order valence-corrected chi connectivity index (χ2v) is 8.75. The highest BCUT2D eigenvalue weighted by molar-refractivity contribution is 5.79. The predicted molar refractivity (Wildman–Crippen MR) is 118 cm³/mol. The quantitative estimate of drug-likeness (QED) is 0.679. The van der Waals surface area contributed by atoms with Gasteiger partial charge in [0.05, 0.1) is 18.5 Å². The summed E-state index contributed by atoms with van der Waals surface area (Å²) in [5.41, 5.74) is 4.76. The number of rotatable bonds is 5. The first-order valence-corrected chi connectivity index (χ1v) is 11.2. The fourth-order valence-electron chi connectivity index (χ4n) is 4.74. The average Bonchev–Trinajstić information content (AvgIpc) is 3.42. The van der Waals surface area contributed by atoms with Gasteiger partial charge in [-0.25, -0.2) is 0 Å². The highest BCUT2D eigenvalue weighted by atomic mass is 16.5. The molecule has 6 heteroatoms. The minimum absolute atomic E-state index is 0.00461. The number of carbonyl (C=O) groups is 1. The summed E-state index contributed by atoms with van der Waals surface area (Å²) in [5.74, 6) is 1.38. The molecule has 0 bridgehead atoms. The van der Waals surface area contributed by atoms with Crippen LogP contribution in [0, 0.1) is 12.8 Å². The van der Waals surface area contributed by atoms with Gasteiger partial charge in [0.1, 0.15) is 0 Å². The summed E-state index contributed by atoms with van der Waals surface area (Å²) in [6, 6.07) is 16.6. The van der Waals surface area contributed by atoms with E-state index in [9.17, 15) is 4.79 Å². The SMILES string of the molecule is Cc1ccc(-c2nc(CN3CCCC(C(=O)NC4CCc5ccccc54)C3)no2)cc1. The minimum atomic E-state index is 0.00461. The van der Waals surface area contributed by atoms with E-state index >= 15 is 0 Å². The maximum absolute atomic E-state index is 13.0. The Labute approximate surface area is 182 Å². The zero-order chi connectivity index (χ0) is 21.2. The van der Waals surface area contributed by atoms with Gasteiger partial charge in [-0.3, -0.25) is 9.69 Å². The lowest BCUT2D eigenvalue weighted by Gasteiger charge is -2.31. The van der Waals surface area contributed by atoms with E-state index in [2.05, 4.69) is 51.5 Å². The molecule has 2 atom stereocenters. The molecule has 6 nitrogen and oxygen atoms in total. The third-order valence-corrected chi connectivity index (χ3v) is 6.46. The Hall–Kier alpha value is -2.99. The first-order valence-electron chi connectivity index (χ1n) is 11.2. The van der Waals surface area contributed by atoms with E-state index in [0.717, 1.165) is 44.3 Å². The highest BCUT2D eigenvalue weighted by Gasteiger charge is 2.30. The maximum atomic E-state index is 13.0. The molecular weight excluding hydrogens is 388 g/mol. The molecule has 0 radical (unpaired) electrons. The predicted octanol–water partition coefficient (Wildman–Crippen LogP) is 4.06. The molecule has 1 aliphatic carbocycles. The van der Waals surface area contributed by atoms with Crippen LogP contribution in [0.1, 0.15) is 47.8 Å². The van der Waals surface area contributed by atoms with Crippen LogP contribution in [-0.2, 0) is 17.8 Å². The second kappa shape index (κ2) is 8.63. The summed E-state index contributed by atoms with van der Waals surface area (Å²) >= 11 is 0. The molecule has 2 aliphatic rings. The van der Waals surface area contributed by atoms with E-state index in [-0.39, 0.29) is 17.9 Å². The molecule has 1 aromatic heterocycles. The van der Waals surface area contributed by atoms with Gasteiger partial charge in [0.25, 0.3) is 5.89 Å². The van der Waals surface area contributed by atoms with Crippen LogP contribution in [0.3, 0.4) is 0 Å². The van der Waals surface area contributed by atoms with Crippen molar-refractivity contribution >= 4 is 5.91 Å². The van der Waals surface area contributed by atoms with Gasteiger partial charge >= 0.3 is 0 Å². The van der Waals surface area contributed by atoms with Crippen molar-refractivity contribution in [2.75, 3.05) is 13.1 Å². The van der Waals surface area contributed by atoms with Gasteiger partial charge in [-0.2, -0.15) is 4.98 Å². The van der Waals surface area contributed by atoms with Gasteiger partial charge in [0.2, 0.25) is 5.91 Å². The molecule has 2 unspecified atom stereocenters. The summed E-state index contributed by atoms with van der Waals surface area (Å²) in [7, 11) is 0. The average molecular weight is 417 g/mol. The molecule has 0 saturated carbocycles. The number of nitrogens with one attached hydrogen (secondary N) is 1. The van der Waals surface area contributed by atoms with Gasteiger partial charge in [-0.05, 0) is 62.4 Å². The number of carbonyl (C=O) groups excluding carboxylic acids is 1. The second-order valence-electron chi connectivity index (χ2n) is 8.75. The van der Waals surface area contributed by atoms with Crippen molar-refractivity contribution in [2.45, 2.75) is 45.2 Å². The first kappa shape index (κ1) is 19.9. The largest absolute Gasteiger partial charge is 0.349 e. The van der Waals surface area contributed by atoms with Crippen molar-refractivity contribution in [3.8, 4) is 11.5 Å². The summed E-state index contributed by atoms with van der Waals surface area (Å²) in [4.78, 5) is 19.8. The van der Waals surface area contributed by atoms with Crippen molar-refractivity contribution in [1.29, 1.82) is 0 Å². The van der Waals surface area contributed by atoms with E-state index < -0.39 is 0 Å². The minimum Gasteiger partial charge on any atom is -0.349 e. The van der Waals surface area contributed by atoms with Crippen LogP contribution in [0.5, 0.6) is 0 Å². The van der Waals surface area contributed by atoms with Crippen molar-refractivity contribution in [3.05, 3.63) is 71.0 Å². The normalized spacial score (nSPS) is 21.1. The Kier molecular flexibility index (Phi) is 5.55. The standard InChI is InChI=1S/C25H28N4O2/c1-17-8-10-19(11-9-17)25-27-23(28-31-25)16-29-14-4-6-20(15-29)24(30)26-22-13-12-18-5-2-3-7-21(18)22/h2-3,5,7-11,20,22H,4,6,12-16H2,1H3,(H,26,30). The van der Waals surface area contributed by atoms with Crippen LogP contribution in [-0.4, -0.2) is 34.0 Å². The van der Waals surface area contributed by atoms with Gasteiger partial charge < -0.3 is 9.84 Å². The molecule has 160 valence electrons. The summed E-state index contributed by atoms with van der Waals surface area (Å²) in [6.45, 7) is 4.34. The van der Waals surface area contributed by atoms with Crippen LogP contribution in [0.4, 0.5) is 0 Å². The lowest BCUT2D eigenvalue weighted by molar-refractivity contribution is -0.127. The molecule has 1 saturated heterocycles. The van der Waals surface area contributed by atoms with Crippen LogP contribution < -0.4 is 5.32 Å². The third kappa shape index (κ3) is 4.39. The number of hydrogen-bond donors (Lipinski definition) is 1.